The Morgan fingerprint density at radius 2 is 2.26 bits per heavy atom. The molecule has 0 radical (unpaired) electrons. The molecule has 1 aromatic carbocycles. The first kappa shape index (κ1) is 13.5. The van der Waals surface area contributed by atoms with E-state index in [1.165, 1.54) is 0 Å². The first-order valence-corrected chi connectivity index (χ1v) is 6.71. The van der Waals surface area contributed by atoms with Gasteiger partial charge in [0.2, 0.25) is 0 Å². The number of pyridine rings is 1. The molecule has 1 N–H and O–H groups in total. The average molecular weight is 320 g/mol. The standard InChI is InChI=1S/C14H14BrN3O/c1-2-19-13-7-6-11(9-12(13)15)10-17-18-14-5-3-4-8-16-14/h3-10H,2H2,1H3,(H,16,18)/b17-10+. The molecule has 0 amide bonds. The molecule has 5 heteroatoms. The molecule has 2 aromatic rings. The van der Waals surface area contributed by atoms with E-state index < -0.39 is 0 Å². The van der Waals surface area contributed by atoms with Crippen molar-refractivity contribution in [3.05, 3.63) is 52.6 Å². The third-order valence-corrected chi connectivity index (χ3v) is 2.93. The Hall–Kier alpha value is -1.88. The predicted octanol–water partition coefficient (Wildman–Crippen LogP) is 3.69. The number of hydrogen-bond acceptors (Lipinski definition) is 4. The molecule has 1 heterocycles. The van der Waals surface area contributed by atoms with Crippen molar-refractivity contribution in [2.24, 2.45) is 5.10 Å². The van der Waals surface area contributed by atoms with Gasteiger partial charge in [0.15, 0.2) is 0 Å². The average Bonchev–Trinajstić information content (AvgIpc) is 2.43. The second-order valence-corrected chi connectivity index (χ2v) is 4.56. The highest BCUT2D eigenvalue weighted by atomic mass is 79.9. The van der Waals surface area contributed by atoms with Crippen molar-refractivity contribution in [2.45, 2.75) is 6.92 Å². The van der Waals surface area contributed by atoms with Gasteiger partial charge in [-0.2, -0.15) is 5.10 Å². The van der Waals surface area contributed by atoms with E-state index >= 15 is 0 Å². The number of hydrazone groups is 1. The van der Waals surface area contributed by atoms with Crippen LogP contribution in [0.4, 0.5) is 5.82 Å². The zero-order valence-electron chi connectivity index (χ0n) is 10.5. The summed E-state index contributed by atoms with van der Waals surface area (Å²) >= 11 is 3.47. The lowest BCUT2D eigenvalue weighted by atomic mass is 10.2. The fraction of sp³-hybridized carbons (Fsp3) is 0.143. The summed E-state index contributed by atoms with van der Waals surface area (Å²) < 4.78 is 6.36. The smallest absolute Gasteiger partial charge is 0.146 e. The van der Waals surface area contributed by atoms with Gasteiger partial charge in [0, 0.05) is 6.20 Å². The first-order chi connectivity index (χ1) is 9.29. The lowest BCUT2D eigenvalue weighted by Gasteiger charge is -2.05. The summed E-state index contributed by atoms with van der Waals surface area (Å²) in [6.45, 7) is 2.60. The van der Waals surface area contributed by atoms with Crippen LogP contribution < -0.4 is 10.2 Å². The first-order valence-electron chi connectivity index (χ1n) is 5.92. The minimum atomic E-state index is 0.646. The third kappa shape index (κ3) is 4.06. The fourth-order valence-corrected chi connectivity index (χ4v) is 1.98. The van der Waals surface area contributed by atoms with Crippen LogP contribution in [0.15, 0.2) is 52.2 Å². The molecule has 0 saturated heterocycles. The van der Waals surface area contributed by atoms with Crippen LogP contribution in [-0.2, 0) is 0 Å². The van der Waals surface area contributed by atoms with Gasteiger partial charge in [-0.25, -0.2) is 4.98 Å². The van der Waals surface area contributed by atoms with Gasteiger partial charge in [-0.3, -0.25) is 5.43 Å². The van der Waals surface area contributed by atoms with E-state index in [-0.39, 0.29) is 0 Å². The Labute approximate surface area is 120 Å². The Morgan fingerprint density at radius 1 is 1.37 bits per heavy atom. The molecular weight excluding hydrogens is 306 g/mol. The molecule has 98 valence electrons. The van der Waals surface area contributed by atoms with Crippen LogP contribution in [0.25, 0.3) is 0 Å². The second kappa shape index (κ2) is 6.89. The van der Waals surface area contributed by atoms with E-state index in [2.05, 4.69) is 31.4 Å². The molecule has 2 rings (SSSR count). The molecule has 0 unspecified atom stereocenters. The number of rotatable bonds is 5. The van der Waals surface area contributed by atoms with Gasteiger partial charge in [0.25, 0.3) is 0 Å². The molecule has 1 aromatic heterocycles. The van der Waals surface area contributed by atoms with Crippen molar-refractivity contribution >= 4 is 28.0 Å². The van der Waals surface area contributed by atoms with E-state index in [0.717, 1.165) is 15.8 Å². The number of nitrogens with one attached hydrogen (secondary N) is 1. The van der Waals surface area contributed by atoms with Crippen molar-refractivity contribution in [1.29, 1.82) is 0 Å². The summed E-state index contributed by atoms with van der Waals surface area (Å²) in [4.78, 5) is 4.11. The van der Waals surface area contributed by atoms with Crippen LogP contribution >= 0.6 is 15.9 Å². The fourth-order valence-electron chi connectivity index (χ4n) is 1.47. The molecule has 4 nitrogen and oxygen atoms in total. The third-order valence-electron chi connectivity index (χ3n) is 2.31. The van der Waals surface area contributed by atoms with Gasteiger partial charge in [0.05, 0.1) is 17.3 Å². The van der Waals surface area contributed by atoms with Crippen LogP contribution in [-0.4, -0.2) is 17.8 Å². The highest BCUT2D eigenvalue weighted by Gasteiger charge is 2.00. The van der Waals surface area contributed by atoms with Crippen molar-refractivity contribution in [1.82, 2.24) is 4.98 Å². The summed E-state index contributed by atoms with van der Waals surface area (Å²) in [7, 11) is 0. The minimum absolute atomic E-state index is 0.646. The van der Waals surface area contributed by atoms with Gasteiger partial charge in [-0.05, 0) is 58.7 Å². The highest BCUT2D eigenvalue weighted by Crippen LogP contribution is 2.25. The number of ether oxygens (including phenoxy) is 1. The number of benzene rings is 1. The lowest BCUT2D eigenvalue weighted by Crippen LogP contribution is -1.95. The van der Waals surface area contributed by atoms with Gasteiger partial charge >= 0.3 is 0 Å². The van der Waals surface area contributed by atoms with Crippen LogP contribution in [0.1, 0.15) is 12.5 Å². The van der Waals surface area contributed by atoms with Crippen molar-refractivity contribution in [3.8, 4) is 5.75 Å². The van der Waals surface area contributed by atoms with Crippen molar-refractivity contribution < 1.29 is 4.74 Å². The second-order valence-electron chi connectivity index (χ2n) is 3.71. The van der Waals surface area contributed by atoms with Gasteiger partial charge in [-0.15, -0.1) is 0 Å². The Balaban J connectivity index is 2.01. The van der Waals surface area contributed by atoms with Crippen molar-refractivity contribution in [2.75, 3.05) is 12.0 Å². The Kier molecular flexibility index (Phi) is 4.92. The summed E-state index contributed by atoms with van der Waals surface area (Å²) in [5, 5.41) is 4.13. The summed E-state index contributed by atoms with van der Waals surface area (Å²) in [5.74, 6) is 1.54. The van der Waals surface area contributed by atoms with Crippen LogP contribution in [0, 0.1) is 0 Å². The van der Waals surface area contributed by atoms with E-state index in [1.807, 2.05) is 43.3 Å². The monoisotopic (exact) mass is 319 g/mol. The number of aromatic nitrogens is 1. The van der Waals surface area contributed by atoms with E-state index in [1.54, 1.807) is 12.4 Å². The lowest BCUT2D eigenvalue weighted by molar-refractivity contribution is 0.338. The Bertz CT molecular complexity index is 558. The molecule has 0 aliphatic heterocycles. The SMILES string of the molecule is CCOc1ccc(/C=N/Nc2ccccn2)cc1Br. The molecule has 0 spiro atoms. The zero-order chi connectivity index (χ0) is 13.5. The van der Waals surface area contributed by atoms with Gasteiger partial charge < -0.3 is 4.74 Å². The molecule has 0 atom stereocenters. The molecule has 19 heavy (non-hydrogen) atoms. The van der Waals surface area contributed by atoms with E-state index in [0.29, 0.717) is 12.4 Å². The van der Waals surface area contributed by atoms with Gasteiger partial charge in [0.1, 0.15) is 11.6 Å². The van der Waals surface area contributed by atoms with Crippen LogP contribution in [0.5, 0.6) is 5.75 Å². The highest BCUT2D eigenvalue weighted by molar-refractivity contribution is 9.10. The van der Waals surface area contributed by atoms with Gasteiger partial charge in [-0.1, -0.05) is 6.07 Å². The van der Waals surface area contributed by atoms with E-state index in [9.17, 15) is 0 Å². The maximum absolute atomic E-state index is 5.45. The molecular formula is C14H14BrN3O. The number of nitrogens with zero attached hydrogens (tertiary/aromatic N) is 2. The maximum Gasteiger partial charge on any atom is 0.146 e. The normalized spacial score (nSPS) is 10.6. The van der Waals surface area contributed by atoms with Crippen molar-refractivity contribution in [3.63, 3.8) is 0 Å². The minimum Gasteiger partial charge on any atom is -0.493 e. The maximum atomic E-state index is 5.45. The molecule has 0 aliphatic carbocycles. The van der Waals surface area contributed by atoms with Crippen LogP contribution in [0.2, 0.25) is 0 Å². The number of hydrogen-bond donors (Lipinski definition) is 1. The number of anilines is 1. The summed E-state index contributed by atoms with van der Waals surface area (Å²) in [6, 6.07) is 11.4. The predicted molar refractivity (Wildman–Crippen MR) is 80.8 cm³/mol. The molecule has 0 saturated carbocycles. The Morgan fingerprint density at radius 3 is 2.95 bits per heavy atom. The molecule has 0 aliphatic rings. The van der Waals surface area contributed by atoms with Crippen LogP contribution in [0.3, 0.4) is 0 Å². The molecule has 0 fully saturated rings. The zero-order valence-corrected chi connectivity index (χ0v) is 12.1. The molecule has 0 bridgehead atoms. The summed E-state index contributed by atoms with van der Waals surface area (Å²) in [5.41, 5.74) is 3.84. The van der Waals surface area contributed by atoms with E-state index in [4.69, 9.17) is 4.74 Å². The largest absolute Gasteiger partial charge is 0.493 e. The number of halogens is 1. The topological polar surface area (TPSA) is 46.5 Å². The summed E-state index contributed by atoms with van der Waals surface area (Å²) in [6.07, 6.45) is 3.44. The quantitative estimate of drug-likeness (QED) is 0.675.